The third-order valence-corrected chi connectivity index (χ3v) is 6.45. The molecule has 0 bridgehead atoms. The first kappa shape index (κ1) is 14.5. The molecule has 0 radical (unpaired) electrons. The van der Waals surface area contributed by atoms with Crippen molar-refractivity contribution < 1.29 is 8.42 Å². The van der Waals surface area contributed by atoms with E-state index in [2.05, 4.69) is 13.0 Å². The zero-order valence-electron chi connectivity index (χ0n) is 11.8. The van der Waals surface area contributed by atoms with Gasteiger partial charge in [-0.2, -0.15) is 0 Å². The topological polar surface area (TPSA) is 37.4 Å². The van der Waals surface area contributed by atoms with Crippen molar-refractivity contribution in [1.82, 2.24) is 0 Å². The van der Waals surface area contributed by atoms with Gasteiger partial charge in [-0.3, -0.25) is 4.31 Å². The van der Waals surface area contributed by atoms with Crippen molar-refractivity contribution in [3.8, 4) is 0 Å². The fourth-order valence-corrected chi connectivity index (χ4v) is 5.07. The van der Waals surface area contributed by atoms with Crippen LogP contribution in [0, 0.1) is 0 Å². The molecule has 1 aliphatic heterocycles. The van der Waals surface area contributed by atoms with Gasteiger partial charge >= 0.3 is 0 Å². The van der Waals surface area contributed by atoms with Crippen molar-refractivity contribution in [2.75, 3.05) is 16.6 Å². The van der Waals surface area contributed by atoms with Crippen molar-refractivity contribution in [1.29, 1.82) is 0 Å². The lowest BCUT2D eigenvalue weighted by Crippen LogP contribution is -2.35. The summed E-state index contributed by atoms with van der Waals surface area (Å²) in [6.45, 7) is 2.59. The maximum absolute atomic E-state index is 12.9. The maximum Gasteiger partial charge on any atom is 0.264 e. The summed E-state index contributed by atoms with van der Waals surface area (Å²) in [5, 5.41) is 0. The normalized spacial score (nSPS) is 14.8. The average Bonchev–Trinajstić information content (AvgIpc) is 2.54. The molecule has 3 rings (SSSR count). The predicted octanol–water partition coefficient (Wildman–Crippen LogP) is 3.55. The zero-order chi connectivity index (χ0) is 14.9. The van der Waals surface area contributed by atoms with Gasteiger partial charge in [0.05, 0.1) is 10.6 Å². The molecule has 2 aromatic rings. The van der Waals surface area contributed by atoms with Gasteiger partial charge in [-0.05, 0) is 36.2 Å². The lowest BCUT2D eigenvalue weighted by Gasteiger charge is -2.30. The second-order valence-electron chi connectivity index (χ2n) is 4.89. The number of sulfonamides is 1. The maximum atomic E-state index is 12.9. The molecule has 2 aromatic carbocycles. The van der Waals surface area contributed by atoms with Crippen LogP contribution < -0.4 is 4.31 Å². The molecule has 0 aromatic heterocycles. The lowest BCUT2D eigenvalue weighted by atomic mass is 10.1. The Kier molecular flexibility index (Phi) is 3.95. The molecular weight excluding hydrogens is 302 g/mol. The van der Waals surface area contributed by atoms with Crippen molar-refractivity contribution in [3.63, 3.8) is 0 Å². The highest BCUT2D eigenvalue weighted by Crippen LogP contribution is 2.38. The summed E-state index contributed by atoms with van der Waals surface area (Å²) in [7, 11) is -3.48. The fourth-order valence-electron chi connectivity index (χ4n) is 2.43. The molecule has 21 heavy (non-hydrogen) atoms. The first-order valence-electron chi connectivity index (χ1n) is 6.96. The van der Waals surface area contributed by atoms with Crippen LogP contribution in [0.2, 0.25) is 0 Å². The number of thioether (sulfide) groups is 1. The predicted molar refractivity (Wildman–Crippen MR) is 87.5 cm³/mol. The van der Waals surface area contributed by atoms with Gasteiger partial charge in [-0.15, -0.1) is 11.8 Å². The second-order valence-corrected chi connectivity index (χ2v) is 7.89. The van der Waals surface area contributed by atoms with E-state index < -0.39 is 10.0 Å². The smallest absolute Gasteiger partial charge is 0.264 e. The Morgan fingerprint density at radius 3 is 2.62 bits per heavy atom. The van der Waals surface area contributed by atoms with E-state index in [-0.39, 0.29) is 0 Å². The monoisotopic (exact) mass is 319 g/mol. The van der Waals surface area contributed by atoms with Gasteiger partial charge < -0.3 is 0 Å². The van der Waals surface area contributed by atoms with E-state index in [1.165, 1.54) is 0 Å². The van der Waals surface area contributed by atoms with Crippen LogP contribution in [0.25, 0.3) is 0 Å². The van der Waals surface area contributed by atoms with E-state index in [4.69, 9.17) is 0 Å². The molecule has 0 saturated carbocycles. The Morgan fingerprint density at radius 1 is 1.14 bits per heavy atom. The quantitative estimate of drug-likeness (QED) is 0.868. The van der Waals surface area contributed by atoms with E-state index in [1.54, 1.807) is 40.3 Å². The second kappa shape index (κ2) is 5.73. The van der Waals surface area contributed by atoms with Gasteiger partial charge in [0.25, 0.3) is 10.0 Å². The van der Waals surface area contributed by atoms with Gasteiger partial charge in [-0.1, -0.05) is 31.2 Å². The lowest BCUT2D eigenvalue weighted by molar-refractivity contribution is 0.591. The highest BCUT2D eigenvalue weighted by Gasteiger charge is 2.29. The molecule has 1 aliphatic rings. The van der Waals surface area contributed by atoms with Gasteiger partial charge in [-0.25, -0.2) is 8.42 Å². The van der Waals surface area contributed by atoms with E-state index in [0.717, 1.165) is 28.3 Å². The van der Waals surface area contributed by atoms with E-state index in [9.17, 15) is 8.42 Å². The van der Waals surface area contributed by atoms with Crippen LogP contribution in [0.15, 0.2) is 58.3 Å². The Labute approximate surface area is 130 Å². The van der Waals surface area contributed by atoms with Crippen LogP contribution >= 0.6 is 11.8 Å². The Morgan fingerprint density at radius 2 is 1.90 bits per heavy atom. The molecule has 0 N–H and O–H groups in total. The SMILES string of the molecule is CCc1ccc2c(c1)N(S(=O)(=O)c1ccccc1)CCS2. The molecule has 0 amide bonds. The number of aryl methyl sites for hydroxylation is 1. The molecule has 0 aliphatic carbocycles. The Balaban J connectivity index is 2.10. The van der Waals surface area contributed by atoms with Crippen LogP contribution in [0.1, 0.15) is 12.5 Å². The van der Waals surface area contributed by atoms with Crippen molar-refractivity contribution in [3.05, 3.63) is 54.1 Å². The molecule has 110 valence electrons. The molecule has 0 saturated heterocycles. The van der Waals surface area contributed by atoms with Crippen LogP contribution in [-0.2, 0) is 16.4 Å². The van der Waals surface area contributed by atoms with Crippen LogP contribution in [0.3, 0.4) is 0 Å². The molecule has 3 nitrogen and oxygen atoms in total. The van der Waals surface area contributed by atoms with E-state index in [1.807, 2.05) is 18.2 Å². The number of benzene rings is 2. The van der Waals surface area contributed by atoms with Crippen LogP contribution in [0.5, 0.6) is 0 Å². The highest BCUT2D eigenvalue weighted by atomic mass is 32.2. The fraction of sp³-hybridized carbons (Fsp3) is 0.250. The average molecular weight is 319 g/mol. The van der Waals surface area contributed by atoms with Gasteiger partial charge in [0.1, 0.15) is 0 Å². The van der Waals surface area contributed by atoms with E-state index in [0.29, 0.717) is 11.4 Å². The molecule has 0 unspecified atom stereocenters. The minimum absolute atomic E-state index is 0.352. The van der Waals surface area contributed by atoms with Gasteiger partial charge in [0.15, 0.2) is 0 Å². The van der Waals surface area contributed by atoms with Gasteiger partial charge in [0, 0.05) is 17.2 Å². The number of hydrogen-bond acceptors (Lipinski definition) is 3. The summed E-state index contributed by atoms with van der Waals surface area (Å²) in [6, 6.07) is 14.8. The molecule has 0 atom stereocenters. The minimum atomic E-state index is -3.48. The summed E-state index contributed by atoms with van der Waals surface area (Å²) in [6.07, 6.45) is 0.900. The number of nitrogens with zero attached hydrogens (tertiary/aromatic N) is 1. The summed E-state index contributed by atoms with van der Waals surface area (Å²) in [5.41, 5.74) is 1.97. The minimum Gasteiger partial charge on any atom is -0.264 e. The summed E-state index contributed by atoms with van der Waals surface area (Å²) < 4.78 is 27.3. The molecule has 0 fully saturated rings. The number of rotatable bonds is 3. The standard InChI is InChI=1S/C16H17NO2S2/c1-2-13-8-9-16-15(12-13)17(10-11-20-16)21(18,19)14-6-4-3-5-7-14/h3-9,12H,2,10-11H2,1H3. The largest absolute Gasteiger partial charge is 0.264 e. The summed E-state index contributed by atoms with van der Waals surface area (Å²) >= 11 is 1.72. The third-order valence-electron chi connectivity index (χ3n) is 3.58. The van der Waals surface area contributed by atoms with Gasteiger partial charge in [0.2, 0.25) is 0 Å². The van der Waals surface area contributed by atoms with Crippen molar-refractivity contribution in [2.24, 2.45) is 0 Å². The Bertz CT molecular complexity index is 742. The molecular formula is C16H17NO2S2. The van der Waals surface area contributed by atoms with Crippen LogP contribution in [-0.4, -0.2) is 20.7 Å². The summed E-state index contributed by atoms with van der Waals surface area (Å²) in [4.78, 5) is 1.39. The number of fused-ring (bicyclic) bond motifs is 1. The van der Waals surface area contributed by atoms with Crippen molar-refractivity contribution >= 4 is 27.5 Å². The molecule has 1 heterocycles. The third kappa shape index (κ3) is 2.68. The molecule has 0 spiro atoms. The van der Waals surface area contributed by atoms with Crippen molar-refractivity contribution in [2.45, 2.75) is 23.1 Å². The van der Waals surface area contributed by atoms with Crippen LogP contribution in [0.4, 0.5) is 5.69 Å². The van der Waals surface area contributed by atoms with E-state index >= 15 is 0 Å². The molecule has 5 heteroatoms. The number of hydrogen-bond donors (Lipinski definition) is 0. The highest BCUT2D eigenvalue weighted by molar-refractivity contribution is 8.00. The first-order chi connectivity index (χ1) is 10.1. The Hall–Kier alpha value is -1.46. The first-order valence-corrected chi connectivity index (χ1v) is 9.39. The zero-order valence-corrected chi connectivity index (χ0v) is 13.5. The summed E-state index contributed by atoms with van der Waals surface area (Å²) in [5.74, 6) is 0.782. The number of anilines is 1.